The lowest BCUT2D eigenvalue weighted by Crippen LogP contribution is -2.55. The van der Waals surface area contributed by atoms with Crippen molar-refractivity contribution in [3.05, 3.63) is 29.8 Å². The topological polar surface area (TPSA) is 41.6 Å². The summed E-state index contributed by atoms with van der Waals surface area (Å²) < 4.78 is 5.45. The van der Waals surface area contributed by atoms with Crippen LogP contribution in [0.3, 0.4) is 0 Å². The minimum absolute atomic E-state index is 0.206. The molecule has 0 spiro atoms. The number of anilines is 1. The van der Waals surface area contributed by atoms with Crippen molar-refractivity contribution >= 4 is 11.8 Å². The third-order valence-electron chi connectivity index (χ3n) is 3.88. The molecule has 22 heavy (non-hydrogen) atoms. The van der Waals surface area contributed by atoms with Gasteiger partial charge in [0.2, 0.25) is 0 Å². The van der Waals surface area contributed by atoms with Gasteiger partial charge in [0.25, 0.3) is 0 Å². The molecule has 122 valence electrons. The Kier molecular flexibility index (Phi) is 4.99. The predicted molar refractivity (Wildman–Crippen MR) is 90.4 cm³/mol. The van der Waals surface area contributed by atoms with E-state index in [0.717, 1.165) is 25.2 Å². The first-order chi connectivity index (χ1) is 10.3. The lowest BCUT2D eigenvalue weighted by Gasteiger charge is -2.41. The van der Waals surface area contributed by atoms with Gasteiger partial charge in [-0.1, -0.05) is 32.0 Å². The number of carbonyl (C=O) groups excluding carboxylic acids is 1. The van der Waals surface area contributed by atoms with Crippen LogP contribution >= 0.6 is 0 Å². The molecule has 1 aromatic rings. The second kappa shape index (κ2) is 6.59. The summed E-state index contributed by atoms with van der Waals surface area (Å²) in [6, 6.07) is 8.58. The Hall–Kier alpha value is -1.71. The zero-order valence-electron chi connectivity index (χ0n) is 14.3. The van der Waals surface area contributed by atoms with Gasteiger partial charge in [-0.3, -0.25) is 0 Å². The average molecular weight is 304 g/mol. The number of benzene rings is 1. The zero-order valence-corrected chi connectivity index (χ0v) is 14.3. The molecule has 1 aliphatic heterocycles. The first-order valence-electron chi connectivity index (χ1n) is 8.10. The molecule has 1 aromatic carbocycles. The third kappa shape index (κ3) is 4.15. The predicted octanol–water partition coefficient (Wildman–Crippen LogP) is 4.23. The Labute approximate surface area is 133 Å². The third-order valence-corrected chi connectivity index (χ3v) is 3.88. The van der Waals surface area contributed by atoms with Crippen molar-refractivity contribution in [2.75, 3.05) is 18.4 Å². The van der Waals surface area contributed by atoms with Crippen molar-refractivity contribution in [1.29, 1.82) is 0 Å². The number of carbonyl (C=O) groups is 1. The molecule has 2 rings (SSSR count). The highest BCUT2D eigenvalue weighted by molar-refractivity contribution is 5.69. The lowest BCUT2D eigenvalue weighted by molar-refractivity contribution is -0.00274. The number of para-hydroxylation sites is 1. The van der Waals surface area contributed by atoms with E-state index in [1.54, 1.807) is 0 Å². The molecule has 0 aromatic heterocycles. The van der Waals surface area contributed by atoms with E-state index in [9.17, 15) is 4.79 Å². The fourth-order valence-electron chi connectivity index (χ4n) is 2.60. The molecule has 0 saturated carbocycles. The Morgan fingerprint density at radius 1 is 1.36 bits per heavy atom. The molecule has 4 heteroatoms. The number of nitrogens with zero attached hydrogens (tertiary/aromatic N) is 1. The Morgan fingerprint density at radius 2 is 2.05 bits per heavy atom. The van der Waals surface area contributed by atoms with Crippen molar-refractivity contribution in [3.8, 4) is 0 Å². The molecule has 1 N–H and O–H groups in total. The second-order valence-electron chi connectivity index (χ2n) is 7.24. The molecule has 0 radical (unpaired) electrons. The highest BCUT2D eigenvalue weighted by Gasteiger charge is 2.35. The van der Waals surface area contributed by atoms with Gasteiger partial charge in [0.1, 0.15) is 5.60 Å². The monoisotopic (exact) mass is 304 g/mol. The van der Waals surface area contributed by atoms with E-state index >= 15 is 0 Å². The SMILES string of the molecule is CC(C)c1ccccc1NC[C@H]1CCN1C(=O)OC(C)(C)C. The minimum atomic E-state index is -0.436. The molecule has 0 bridgehead atoms. The Morgan fingerprint density at radius 3 is 2.59 bits per heavy atom. The smallest absolute Gasteiger partial charge is 0.410 e. The molecular formula is C18H28N2O2. The van der Waals surface area contributed by atoms with Crippen molar-refractivity contribution in [2.45, 2.75) is 58.6 Å². The van der Waals surface area contributed by atoms with Gasteiger partial charge in [0, 0.05) is 18.8 Å². The first kappa shape index (κ1) is 16.7. The highest BCUT2D eigenvalue weighted by Crippen LogP contribution is 2.26. The van der Waals surface area contributed by atoms with E-state index < -0.39 is 5.60 Å². The second-order valence-corrected chi connectivity index (χ2v) is 7.24. The number of nitrogens with one attached hydrogen (secondary N) is 1. The molecule has 1 aliphatic rings. The van der Waals surface area contributed by atoms with Gasteiger partial charge in [0.15, 0.2) is 0 Å². The van der Waals surface area contributed by atoms with Gasteiger partial charge < -0.3 is 15.0 Å². The van der Waals surface area contributed by atoms with Crippen molar-refractivity contribution < 1.29 is 9.53 Å². The zero-order chi connectivity index (χ0) is 16.3. The maximum atomic E-state index is 12.1. The van der Waals surface area contributed by atoms with Gasteiger partial charge in [-0.25, -0.2) is 4.79 Å². The standard InChI is InChI=1S/C18H28N2O2/c1-13(2)15-8-6-7-9-16(15)19-12-14-10-11-20(14)17(21)22-18(3,4)5/h6-9,13-14,19H,10-12H2,1-5H3/t14-/m1/s1. The maximum absolute atomic E-state index is 12.1. The van der Waals surface area contributed by atoms with Gasteiger partial charge in [-0.15, -0.1) is 0 Å². The van der Waals surface area contributed by atoms with Crippen LogP contribution in [0.4, 0.5) is 10.5 Å². The van der Waals surface area contributed by atoms with Crippen LogP contribution in [0.25, 0.3) is 0 Å². The molecule has 1 saturated heterocycles. The van der Waals surface area contributed by atoms with E-state index in [0.29, 0.717) is 5.92 Å². The summed E-state index contributed by atoms with van der Waals surface area (Å²) in [5.41, 5.74) is 2.04. The van der Waals surface area contributed by atoms with E-state index in [1.807, 2.05) is 31.7 Å². The van der Waals surface area contributed by atoms with Gasteiger partial charge in [-0.05, 0) is 44.7 Å². The Balaban J connectivity index is 1.91. The number of rotatable bonds is 4. The normalized spacial score (nSPS) is 18.1. The summed E-state index contributed by atoms with van der Waals surface area (Å²) in [6.45, 7) is 11.6. The minimum Gasteiger partial charge on any atom is -0.444 e. The molecule has 1 heterocycles. The summed E-state index contributed by atoms with van der Waals surface area (Å²) in [5.74, 6) is 0.479. The van der Waals surface area contributed by atoms with E-state index in [4.69, 9.17) is 4.74 Å². The number of amides is 1. The van der Waals surface area contributed by atoms with E-state index in [1.165, 1.54) is 5.56 Å². The highest BCUT2D eigenvalue weighted by atomic mass is 16.6. The fraction of sp³-hybridized carbons (Fsp3) is 0.611. The fourth-order valence-corrected chi connectivity index (χ4v) is 2.60. The number of ether oxygens (including phenoxy) is 1. The summed E-state index contributed by atoms with van der Waals surface area (Å²) in [7, 11) is 0. The van der Waals surface area contributed by atoms with Crippen LogP contribution in [0.15, 0.2) is 24.3 Å². The van der Waals surface area contributed by atoms with Crippen LogP contribution in [0.1, 0.15) is 52.5 Å². The quantitative estimate of drug-likeness (QED) is 0.905. The van der Waals surface area contributed by atoms with Crippen LogP contribution in [-0.2, 0) is 4.74 Å². The van der Waals surface area contributed by atoms with Crippen LogP contribution < -0.4 is 5.32 Å². The number of likely N-dealkylation sites (tertiary alicyclic amines) is 1. The first-order valence-corrected chi connectivity index (χ1v) is 8.10. The summed E-state index contributed by atoms with van der Waals surface area (Å²) in [5, 5.41) is 3.49. The average Bonchev–Trinajstić information content (AvgIpc) is 2.35. The summed E-state index contributed by atoms with van der Waals surface area (Å²) in [6.07, 6.45) is 0.818. The van der Waals surface area contributed by atoms with E-state index in [2.05, 4.69) is 37.4 Å². The van der Waals surface area contributed by atoms with Crippen molar-refractivity contribution in [3.63, 3.8) is 0 Å². The summed E-state index contributed by atoms with van der Waals surface area (Å²) in [4.78, 5) is 13.9. The molecule has 0 unspecified atom stereocenters. The molecule has 4 nitrogen and oxygen atoms in total. The van der Waals surface area contributed by atoms with Gasteiger partial charge >= 0.3 is 6.09 Å². The maximum Gasteiger partial charge on any atom is 0.410 e. The molecular weight excluding hydrogens is 276 g/mol. The van der Waals surface area contributed by atoms with Crippen LogP contribution in [0, 0.1) is 0 Å². The summed E-state index contributed by atoms with van der Waals surface area (Å²) >= 11 is 0. The Bertz CT molecular complexity index is 520. The van der Waals surface area contributed by atoms with Gasteiger partial charge in [0.05, 0.1) is 6.04 Å². The van der Waals surface area contributed by atoms with Crippen LogP contribution in [-0.4, -0.2) is 35.7 Å². The molecule has 1 fully saturated rings. The largest absolute Gasteiger partial charge is 0.444 e. The van der Waals surface area contributed by atoms with Crippen LogP contribution in [0.2, 0.25) is 0 Å². The van der Waals surface area contributed by atoms with Crippen molar-refractivity contribution in [2.24, 2.45) is 0 Å². The number of hydrogen-bond donors (Lipinski definition) is 1. The van der Waals surface area contributed by atoms with E-state index in [-0.39, 0.29) is 12.1 Å². The molecule has 1 atom stereocenters. The van der Waals surface area contributed by atoms with Crippen LogP contribution in [0.5, 0.6) is 0 Å². The van der Waals surface area contributed by atoms with Crippen molar-refractivity contribution in [1.82, 2.24) is 4.90 Å². The lowest BCUT2D eigenvalue weighted by atomic mass is 10.00. The molecule has 1 amide bonds. The number of hydrogen-bond acceptors (Lipinski definition) is 3. The van der Waals surface area contributed by atoms with Gasteiger partial charge in [-0.2, -0.15) is 0 Å². The molecule has 0 aliphatic carbocycles.